The van der Waals surface area contributed by atoms with Crippen molar-refractivity contribution in [3.8, 4) is 0 Å². The lowest BCUT2D eigenvalue weighted by molar-refractivity contribution is 0.280. The average molecular weight is 311 g/mol. The molecule has 0 aliphatic heterocycles. The van der Waals surface area contributed by atoms with Crippen LogP contribution in [0.25, 0.3) is 0 Å². The van der Waals surface area contributed by atoms with Gasteiger partial charge in [0.25, 0.3) is 0 Å². The average Bonchev–Trinajstić information content (AvgIpc) is 2.48. The molecule has 1 aliphatic rings. The number of sulfonamides is 1. The highest BCUT2D eigenvalue weighted by atomic mass is 32.2. The van der Waals surface area contributed by atoms with Gasteiger partial charge in [0.15, 0.2) is 0 Å². The summed E-state index contributed by atoms with van der Waals surface area (Å²) in [6.07, 6.45) is 4.73. The summed E-state index contributed by atoms with van der Waals surface area (Å²) >= 11 is 0. The zero-order valence-corrected chi connectivity index (χ0v) is 13.6. The molecule has 2 N–H and O–H groups in total. The van der Waals surface area contributed by atoms with Crippen LogP contribution in [0.4, 0.5) is 0 Å². The van der Waals surface area contributed by atoms with Gasteiger partial charge in [-0.15, -0.1) is 0 Å². The van der Waals surface area contributed by atoms with Gasteiger partial charge in [0, 0.05) is 6.04 Å². The number of nitrogens with one attached hydrogen (secondary N) is 1. The summed E-state index contributed by atoms with van der Waals surface area (Å²) in [4.78, 5) is 0.252. The van der Waals surface area contributed by atoms with Crippen LogP contribution in [0.15, 0.2) is 23.1 Å². The van der Waals surface area contributed by atoms with Gasteiger partial charge in [-0.25, -0.2) is 13.1 Å². The first kappa shape index (κ1) is 16.5. The smallest absolute Gasteiger partial charge is 0.240 e. The minimum absolute atomic E-state index is 0.0367. The number of aliphatic hydroxyl groups excluding tert-OH is 1. The van der Waals surface area contributed by atoms with Crippen LogP contribution in [0.3, 0.4) is 0 Å². The molecule has 0 spiro atoms. The molecule has 0 amide bonds. The fraction of sp³-hybridized carbons (Fsp3) is 0.625. The molecule has 0 bridgehead atoms. The van der Waals surface area contributed by atoms with Crippen molar-refractivity contribution in [1.29, 1.82) is 0 Å². The van der Waals surface area contributed by atoms with Crippen LogP contribution in [0.2, 0.25) is 0 Å². The number of benzene rings is 1. The predicted molar refractivity (Wildman–Crippen MR) is 83.5 cm³/mol. The molecular weight excluding hydrogens is 286 g/mol. The molecule has 4 nitrogen and oxygen atoms in total. The summed E-state index contributed by atoms with van der Waals surface area (Å²) in [5, 5.41) is 9.38. The molecular formula is C16H25NO3S. The molecule has 1 aromatic rings. The maximum Gasteiger partial charge on any atom is 0.240 e. The van der Waals surface area contributed by atoms with Crippen molar-refractivity contribution in [1.82, 2.24) is 4.72 Å². The fourth-order valence-corrected chi connectivity index (χ4v) is 4.28. The van der Waals surface area contributed by atoms with Gasteiger partial charge in [-0.2, -0.15) is 0 Å². The van der Waals surface area contributed by atoms with E-state index in [4.69, 9.17) is 0 Å². The van der Waals surface area contributed by atoms with Crippen LogP contribution in [0, 0.1) is 5.92 Å². The van der Waals surface area contributed by atoms with Crippen LogP contribution in [-0.4, -0.2) is 19.6 Å². The lowest BCUT2D eigenvalue weighted by Crippen LogP contribution is -2.37. The maximum atomic E-state index is 12.5. The minimum Gasteiger partial charge on any atom is -0.392 e. The first-order valence-electron chi connectivity index (χ1n) is 7.71. The second-order valence-electron chi connectivity index (χ2n) is 6.02. The lowest BCUT2D eigenvalue weighted by Gasteiger charge is -2.26. The number of hydrogen-bond acceptors (Lipinski definition) is 3. The van der Waals surface area contributed by atoms with Gasteiger partial charge < -0.3 is 5.11 Å². The minimum atomic E-state index is -3.50. The first-order chi connectivity index (χ1) is 9.96. The SMILES string of the molecule is CCc1ccc(S(=O)(=O)NC2CCC(C)CC2)cc1CO. The molecule has 0 heterocycles. The van der Waals surface area contributed by atoms with Crippen molar-refractivity contribution in [3.63, 3.8) is 0 Å². The van der Waals surface area contributed by atoms with Gasteiger partial charge in [-0.05, 0) is 61.3 Å². The van der Waals surface area contributed by atoms with Crippen molar-refractivity contribution in [2.24, 2.45) is 5.92 Å². The van der Waals surface area contributed by atoms with E-state index in [1.165, 1.54) is 0 Å². The Bertz CT molecular complexity index is 575. The normalized spacial score (nSPS) is 23.2. The molecule has 2 rings (SSSR count). The van der Waals surface area contributed by atoms with Gasteiger partial charge in [-0.3, -0.25) is 0 Å². The van der Waals surface area contributed by atoms with E-state index in [-0.39, 0.29) is 17.5 Å². The second kappa shape index (κ2) is 6.90. The molecule has 1 fully saturated rings. The van der Waals surface area contributed by atoms with Crippen LogP contribution in [0.5, 0.6) is 0 Å². The molecule has 0 unspecified atom stereocenters. The topological polar surface area (TPSA) is 66.4 Å². The van der Waals surface area contributed by atoms with E-state index in [2.05, 4.69) is 11.6 Å². The summed E-state index contributed by atoms with van der Waals surface area (Å²) in [6.45, 7) is 4.07. The molecule has 1 aliphatic carbocycles. The zero-order valence-electron chi connectivity index (χ0n) is 12.8. The predicted octanol–water partition coefficient (Wildman–Crippen LogP) is 2.60. The third kappa shape index (κ3) is 4.05. The first-order valence-corrected chi connectivity index (χ1v) is 9.19. The highest BCUT2D eigenvalue weighted by Gasteiger charge is 2.24. The Balaban J connectivity index is 2.15. The summed E-state index contributed by atoms with van der Waals surface area (Å²) in [5.74, 6) is 0.690. The molecule has 1 saturated carbocycles. The van der Waals surface area contributed by atoms with Gasteiger partial charge in [-0.1, -0.05) is 19.9 Å². The van der Waals surface area contributed by atoms with E-state index in [0.29, 0.717) is 11.5 Å². The quantitative estimate of drug-likeness (QED) is 0.878. The van der Waals surface area contributed by atoms with E-state index in [1.807, 2.05) is 6.92 Å². The van der Waals surface area contributed by atoms with Gasteiger partial charge in [0.05, 0.1) is 11.5 Å². The summed E-state index contributed by atoms with van der Waals surface area (Å²) in [6, 6.07) is 5.05. The van der Waals surface area contributed by atoms with Crippen LogP contribution >= 0.6 is 0 Å². The lowest BCUT2D eigenvalue weighted by atomic mass is 9.88. The van der Waals surface area contributed by atoms with Crippen molar-refractivity contribution in [2.75, 3.05) is 0 Å². The summed E-state index contributed by atoms with van der Waals surface area (Å²) in [7, 11) is -3.50. The Morgan fingerprint density at radius 1 is 1.19 bits per heavy atom. The largest absolute Gasteiger partial charge is 0.392 e. The Labute approximate surface area is 127 Å². The van der Waals surface area contributed by atoms with Crippen LogP contribution in [0.1, 0.15) is 50.7 Å². The number of hydrogen-bond donors (Lipinski definition) is 2. The highest BCUT2D eigenvalue weighted by Crippen LogP contribution is 2.25. The Kier molecular flexibility index (Phi) is 5.41. The molecule has 118 valence electrons. The fourth-order valence-electron chi connectivity index (χ4n) is 2.93. The van der Waals surface area contributed by atoms with Crippen molar-refractivity contribution >= 4 is 10.0 Å². The maximum absolute atomic E-state index is 12.5. The molecule has 5 heteroatoms. The Hall–Kier alpha value is -0.910. The van der Waals surface area contributed by atoms with E-state index < -0.39 is 10.0 Å². The van der Waals surface area contributed by atoms with Gasteiger partial charge >= 0.3 is 0 Å². The molecule has 0 atom stereocenters. The van der Waals surface area contributed by atoms with Crippen LogP contribution in [-0.2, 0) is 23.1 Å². The third-order valence-electron chi connectivity index (χ3n) is 4.38. The van der Waals surface area contributed by atoms with Gasteiger partial charge in [0.1, 0.15) is 0 Å². The van der Waals surface area contributed by atoms with Crippen LogP contribution < -0.4 is 4.72 Å². The van der Waals surface area contributed by atoms with Crippen molar-refractivity contribution in [3.05, 3.63) is 29.3 Å². The molecule has 0 aromatic heterocycles. The second-order valence-corrected chi connectivity index (χ2v) is 7.73. The molecule has 0 saturated heterocycles. The summed E-state index contributed by atoms with van der Waals surface area (Å²) in [5.41, 5.74) is 1.68. The van der Waals surface area contributed by atoms with Gasteiger partial charge in [0.2, 0.25) is 10.0 Å². The standard InChI is InChI=1S/C16H25NO3S/c1-3-13-6-9-16(10-14(13)11-18)21(19,20)17-15-7-4-12(2)5-8-15/h6,9-10,12,15,17-18H,3-5,7-8,11H2,1-2H3. The number of aryl methyl sites for hydroxylation is 1. The van der Waals surface area contributed by atoms with E-state index in [1.54, 1.807) is 18.2 Å². The monoisotopic (exact) mass is 311 g/mol. The van der Waals surface area contributed by atoms with Crippen molar-refractivity contribution in [2.45, 2.75) is 63.5 Å². The summed E-state index contributed by atoms with van der Waals surface area (Å²) < 4.78 is 27.7. The van der Waals surface area contributed by atoms with E-state index >= 15 is 0 Å². The molecule has 1 aromatic carbocycles. The number of rotatable bonds is 5. The highest BCUT2D eigenvalue weighted by molar-refractivity contribution is 7.89. The van der Waals surface area contributed by atoms with Crippen molar-refractivity contribution < 1.29 is 13.5 Å². The Morgan fingerprint density at radius 3 is 2.43 bits per heavy atom. The number of aliphatic hydroxyl groups is 1. The zero-order chi connectivity index (χ0) is 15.5. The van der Waals surface area contributed by atoms with E-state index in [9.17, 15) is 13.5 Å². The molecule has 21 heavy (non-hydrogen) atoms. The Morgan fingerprint density at radius 2 is 1.86 bits per heavy atom. The third-order valence-corrected chi connectivity index (χ3v) is 5.90. The molecule has 0 radical (unpaired) electrons. The van der Waals surface area contributed by atoms with E-state index in [0.717, 1.165) is 37.7 Å².